The lowest BCUT2D eigenvalue weighted by atomic mass is 9.82. The second-order valence-electron chi connectivity index (χ2n) is 12.7. The summed E-state index contributed by atoms with van der Waals surface area (Å²) in [6.07, 6.45) is 9.57. The quantitative estimate of drug-likeness (QED) is 0.104. The number of unbranched alkanes of at least 4 members (excludes halogenated alkanes) is 3. The molecular formula is C34H54O8. The minimum atomic E-state index is -1.34. The van der Waals surface area contributed by atoms with Crippen LogP contribution in [0.25, 0.3) is 0 Å². The molecule has 5 N–H and O–H groups in total. The van der Waals surface area contributed by atoms with Crippen LogP contribution < -0.4 is 5.63 Å². The largest absolute Gasteiger partial charge is 0.427 e. The van der Waals surface area contributed by atoms with Crippen LogP contribution in [0.2, 0.25) is 0 Å². The van der Waals surface area contributed by atoms with Crippen LogP contribution in [-0.4, -0.2) is 63.2 Å². The lowest BCUT2D eigenvalue weighted by molar-refractivity contribution is -0.180. The summed E-state index contributed by atoms with van der Waals surface area (Å²) in [5, 5.41) is 50.9. The molecule has 0 aliphatic carbocycles. The Morgan fingerprint density at radius 3 is 2.45 bits per heavy atom. The maximum atomic E-state index is 12.9. The molecule has 0 amide bonds. The van der Waals surface area contributed by atoms with Gasteiger partial charge in [-0.05, 0) is 52.2 Å². The summed E-state index contributed by atoms with van der Waals surface area (Å²) in [6, 6.07) is 3.03. The first-order chi connectivity index (χ1) is 19.8. The first-order valence-electron chi connectivity index (χ1n) is 15.4. The third kappa shape index (κ3) is 10.6. The molecule has 0 aromatic carbocycles. The minimum Gasteiger partial charge on any atom is -0.427 e. The summed E-state index contributed by atoms with van der Waals surface area (Å²) in [7, 11) is 0. The van der Waals surface area contributed by atoms with E-state index in [2.05, 4.69) is 26.8 Å². The number of hydrogen-bond donors (Lipinski definition) is 5. The van der Waals surface area contributed by atoms with Gasteiger partial charge >= 0.3 is 5.63 Å². The monoisotopic (exact) mass is 590 g/mol. The van der Waals surface area contributed by atoms with Crippen LogP contribution >= 0.6 is 0 Å². The van der Waals surface area contributed by atoms with Gasteiger partial charge < -0.3 is 34.7 Å². The van der Waals surface area contributed by atoms with E-state index in [0.29, 0.717) is 5.92 Å². The van der Waals surface area contributed by atoms with Crippen molar-refractivity contribution < 1.29 is 34.7 Å². The molecule has 1 aromatic rings. The number of aliphatic hydroxyl groups excluding tert-OH is 5. The van der Waals surface area contributed by atoms with Crippen molar-refractivity contribution in [1.29, 1.82) is 0 Å². The molecule has 7 atom stereocenters. The van der Waals surface area contributed by atoms with Crippen LogP contribution in [0, 0.1) is 11.8 Å². The fraction of sp³-hybridized carbons (Fsp3) is 0.676. The van der Waals surface area contributed by atoms with Crippen molar-refractivity contribution in [1.82, 2.24) is 0 Å². The van der Waals surface area contributed by atoms with Crippen molar-refractivity contribution >= 4 is 0 Å². The van der Waals surface area contributed by atoms with Crippen molar-refractivity contribution in [2.75, 3.05) is 13.2 Å². The molecule has 42 heavy (non-hydrogen) atoms. The number of rotatable bonds is 16. The highest BCUT2D eigenvalue weighted by molar-refractivity contribution is 5.26. The molecule has 238 valence electrons. The molecule has 1 fully saturated rings. The second-order valence-corrected chi connectivity index (χ2v) is 12.7. The molecule has 3 unspecified atom stereocenters. The van der Waals surface area contributed by atoms with E-state index in [-0.39, 0.29) is 36.9 Å². The van der Waals surface area contributed by atoms with Gasteiger partial charge in [-0.3, -0.25) is 0 Å². The number of aliphatic hydroxyl groups is 5. The van der Waals surface area contributed by atoms with Crippen LogP contribution in [0.5, 0.6) is 0 Å². The smallest absolute Gasteiger partial charge is 0.341 e. The molecule has 0 bridgehead atoms. The average Bonchev–Trinajstić information content (AvgIpc) is 2.94. The normalized spacial score (nSPS) is 24.6. The number of allylic oxidation sites excluding steroid dienone is 3. The van der Waals surface area contributed by atoms with Gasteiger partial charge in [0.2, 0.25) is 0 Å². The Balaban J connectivity index is 2.08. The summed E-state index contributed by atoms with van der Waals surface area (Å²) in [6.45, 7) is 11.7. The van der Waals surface area contributed by atoms with Gasteiger partial charge in [0.1, 0.15) is 18.0 Å². The third-order valence-electron chi connectivity index (χ3n) is 8.23. The molecule has 1 aliphatic rings. The third-order valence-corrected chi connectivity index (χ3v) is 8.23. The summed E-state index contributed by atoms with van der Waals surface area (Å²) in [5.74, 6) is 0.729. The summed E-state index contributed by atoms with van der Waals surface area (Å²) in [5.41, 5.74) is 0.474. The zero-order valence-electron chi connectivity index (χ0n) is 26.3. The fourth-order valence-electron chi connectivity index (χ4n) is 5.49. The van der Waals surface area contributed by atoms with Crippen molar-refractivity contribution in [2.45, 2.75) is 122 Å². The number of hydrogen-bond acceptors (Lipinski definition) is 8. The zero-order chi connectivity index (χ0) is 31.4. The summed E-state index contributed by atoms with van der Waals surface area (Å²) in [4.78, 5) is 12.9. The summed E-state index contributed by atoms with van der Waals surface area (Å²) < 4.78 is 11.2. The Morgan fingerprint density at radius 2 is 1.83 bits per heavy atom. The minimum absolute atomic E-state index is 0.00552. The Labute approximate surface area is 251 Å². The SMILES string of the molecule is CCCCCCC(C)C/C(C)=C\C(/C=C(C)/C=C/C(O)C(C)(C)c1ccc([C@@H]2O[C@H](CO)C[C@H](O)[C@H]2O)c(=O)o1)CO. The van der Waals surface area contributed by atoms with E-state index in [1.54, 1.807) is 32.1 Å². The van der Waals surface area contributed by atoms with E-state index in [1.807, 2.05) is 13.0 Å². The van der Waals surface area contributed by atoms with E-state index >= 15 is 0 Å². The molecule has 1 aliphatic heterocycles. The average molecular weight is 591 g/mol. The van der Waals surface area contributed by atoms with Crippen LogP contribution in [0.15, 0.2) is 56.8 Å². The van der Waals surface area contributed by atoms with Gasteiger partial charge in [0.05, 0.1) is 42.5 Å². The molecule has 0 spiro atoms. The standard InChI is InChI=1S/C34H54O8/c1-7-8-9-10-11-22(2)16-24(4)18-25(20-35)17-23(3)12-14-29(38)34(5,6)30-15-13-27(33(40)42-30)32-31(39)28(37)19-26(21-36)41-32/h12-15,17-18,22,25-26,28-29,31-32,35-39H,7-11,16,19-21H2,1-6H3/b14-12+,23-17+,24-18-/t22?,25?,26-,28-,29?,31+,32-/m0/s1. The van der Waals surface area contributed by atoms with Gasteiger partial charge in [-0.25, -0.2) is 4.79 Å². The van der Waals surface area contributed by atoms with Crippen LogP contribution in [0.1, 0.15) is 104 Å². The lowest BCUT2D eigenvalue weighted by Crippen LogP contribution is -2.46. The Bertz CT molecular complexity index is 1100. The molecule has 8 nitrogen and oxygen atoms in total. The highest BCUT2D eigenvalue weighted by atomic mass is 16.5. The van der Waals surface area contributed by atoms with Crippen LogP contribution in [-0.2, 0) is 10.2 Å². The van der Waals surface area contributed by atoms with Crippen molar-refractivity contribution in [3.8, 4) is 0 Å². The molecule has 1 saturated heterocycles. The van der Waals surface area contributed by atoms with E-state index in [1.165, 1.54) is 43.7 Å². The topological polar surface area (TPSA) is 141 Å². The van der Waals surface area contributed by atoms with Crippen LogP contribution in [0.4, 0.5) is 0 Å². The van der Waals surface area contributed by atoms with Gasteiger partial charge in [0.15, 0.2) is 0 Å². The van der Waals surface area contributed by atoms with Gasteiger partial charge in [0, 0.05) is 12.3 Å². The Morgan fingerprint density at radius 1 is 1.12 bits per heavy atom. The van der Waals surface area contributed by atoms with E-state index in [9.17, 15) is 30.3 Å². The molecule has 8 heteroatoms. The Kier molecular flexibility index (Phi) is 14.9. The maximum Gasteiger partial charge on any atom is 0.341 e. The molecule has 2 rings (SSSR count). The van der Waals surface area contributed by atoms with Gasteiger partial charge in [-0.1, -0.05) is 81.4 Å². The lowest BCUT2D eigenvalue weighted by Gasteiger charge is -2.36. The van der Waals surface area contributed by atoms with Gasteiger partial charge in [-0.15, -0.1) is 0 Å². The molecular weight excluding hydrogens is 536 g/mol. The van der Waals surface area contributed by atoms with Crippen LogP contribution in [0.3, 0.4) is 0 Å². The maximum absolute atomic E-state index is 12.9. The van der Waals surface area contributed by atoms with Gasteiger partial charge in [-0.2, -0.15) is 0 Å². The predicted octanol–water partition coefficient (Wildman–Crippen LogP) is 4.88. The Hall–Kier alpha value is -2.07. The fourth-order valence-corrected chi connectivity index (χ4v) is 5.49. The second kappa shape index (κ2) is 17.3. The first kappa shape index (κ1) is 36.1. The molecule has 2 heterocycles. The molecule has 1 aromatic heterocycles. The highest BCUT2D eigenvalue weighted by Gasteiger charge is 2.39. The molecule has 0 saturated carbocycles. The highest BCUT2D eigenvalue weighted by Crippen LogP contribution is 2.33. The van der Waals surface area contributed by atoms with E-state index in [4.69, 9.17) is 9.15 Å². The summed E-state index contributed by atoms with van der Waals surface area (Å²) >= 11 is 0. The van der Waals surface area contributed by atoms with E-state index < -0.39 is 41.6 Å². The zero-order valence-corrected chi connectivity index (χ0v) is 26.3. The van der Waals surface area contributed by atoms with Crippen molar-refractivity contribution in [2.24, 2.45) is 11.8 Å². The van der Waals surface area contributed by atoms with E-state index in [0.717, 1.165) is 12.0 Å². The first-order valence-corrected chi connectivity index (χ1v) is 15.4. The predicted molar refractivity (Wildman–Crippen MR) is 165 cm³/mol. The number of ether oxygens (including phenoxy) is 1. The molecule has 0 radical (unpaired) electrons. The van der Waals surface area contributed by atoms with Crippen molar-refractivity contribution in [3.63, 3.8) is 0 Å². The van der Waals surface area contributed by atoms with Crippen molar-refractivity contribution in [3.05, 3.63) is 69.3 Å². The van der Waals surface area contributed by atoms with Gasteiger partial charge in [0.25, 0.3) is 0 Å².